The predicted octanol–water partition coefficient (Wildman–Crippen LogP) is 8.57. The minimum Gasteiger partial charge on any atom is -0.486 e. The third-order valence-electron chi connectivity index (χ3n) is 10.0. The standard InChI is InChI=1S/C44H38FN5O5/c1-2-31-21-40(54-26-29-14-8-4-9-15-29)35(45)22-34(31)32-18-19-33-36(20-32)47-48-41(33)42-46-37-25-50(44(52)53)39(43(51)55-27-30-16-10-5-11-17-30)23-38(37)49(42)24-28-12-6-3-7-13-28/h3-22,39H,2,23-27H2,1H3,(H,47,48)(H,52,53)/t39-/m0/s1. The molecule has 55 heavy (non-hydrogen) atoms. The number of ether oxygens (including phenoxy) is 2. The van der Waals surface area contributed by atoms with E-state index in [0.29, 0.717) is 30.2 Å². The zero-order valence-corrected chi connectivity index (χ0v) is 30.1. The van der Waals surface area contributed by atoms with Crippen LogP contribution >= 0.6 is 0 Å². The van der Waals surface area contributed by atoms with E-state index in [-0.39, 0.29) is 31.9 Å². The van der Waals surface area contributed by atoms with Crippen molar-refractivity contribution in [2.75, 3.05) is 0 Å². The summed E-state index contributed by atoms with van der Waals surface area (Å²) in [5, 5.41) is 18.9. The zero-order chi connectivity index (χ0) is 37.9. The summed E-state index contributed by atoms with van der Waals surface area (Å²) in [5.74, 6) is -0.324. The summed E-state index contributed by atoms with van der Waals surface area (Å²) in [5.41, 5.74) is 7.85. The maximum atomic E-state index is 15.5. The molecule has 0 fully saturated rings. The number of amides is 1. The fraction of sp³-hybridized carbons (Fsp3) is 0.182. The number of H-pyrrole nitrogens is 1. The van der Waals surface area contributed by atoms with Crippen molar-refractivity contribution in [3.8, 4) is 28.4 Å². The number of hydrogen-bond donors (Lipinski definition) is 2. The Hall–Kier alpha value is -6.75. The molecule has 0 saturated carbocycles. The van der Waals surface area contributed by atoms with Crippen molar-refractivity contribution in [3.63, 3.8) is 0 Å². The van der Waals surface area contributed by atoms with Gasteiger partial charge in [0.15, 0.2) is 17.4 Å². The van der Waals surface area contributed by atoms with Crippen molar-refractivity contribution in [2.24, 2.45) is 0 Å². The van der Waals surface area contributed by atoms with E-state index in [1.165, 1.54) is 6.07 Å². The first-order valence-electron chi connectivity index (χ1n) is 18.2. The number of aryl methyl sites for hydroxylation is 1. The molecule has 10 nitrogen and oxygen atoms in total. The van der Waals surface area contributed by atoms with Crippen LogP contribution < -0.4 is 4.74 Å². The number of nitrogens with zero attached hydrogens (tertiary/aromatic N) is 4. The zero-order valence-electron chi connectivity index (χ0n) is 30.1. The van der Waals surface area contributed by atoms with Crippen LogP contribution in [0.25, 0.3) is 33.5 Å². The Morgan fingerprint density at radius 2 is 1.55 bits per heavy atom. The highest BCUT2D eigenvalue weighted by Crippen LogP contribution is 2.36. The first-order valence-corrected chi connectivity index (χ1v) is 18.2. The summed E-state index contributed by atoms with van der Waals surface area (Å²) < 4.78 is 29.0. The molecule has 1 atom stereocenters. The van der Waals surface area contributed by atoms with Gasteiger partial charge in [0, 0.05) is 24.0 Å². The molecular weight excluding hydrogens is 698 g/mol. The van der Waals surface area contributed by atoms with Crippen LogP contribution in [0.2, 0.25) is 0 Å². The highest BCUT2D eigenvalue weighted by molar-refractivity contribution is 5.94. The molecule has 1 amide bonds. The van der Waals surface area contributed by atoms with Gasteiger partial charge in [-0.25, -0.2) is 19.0 Å². The van der Waals surface area contributed by atoms with Crippen LogP contribution in [0.4, 0.5) is 9.18 Å². The fourth-order valence-electron chi connectivity index (χ4n) is 7.17. The second-order valence-corrected chi connectivity index (χ2v) is 13.5. The lowest BCUT2D eigenvalue weighted by molar-refractivity contribution is -0.151. The Bertz CT molecular complexity index is 2480. The van der Waals surface area contributed by atoms with E-state index in [0.717, 1.165) is 54.9 Å². The van der Waals surface area contributed by atoms with Crippen LogP contribution in [-0.4, -0.2) is 47.9 Å². The normalized spacial score (nSPS) is 13.8. The number of fused-ring (bicyclic) bond motifs is 2. The third kappa shape index (κ3) is 7.28. The van der Waals surface area contributed by atoms with E-state index in [4.69, 9.17) is 19.6 Å². The SMILES string of the molecule is CCc1cc(OCc2ccccc2)c(F)cc1-c1ccc2c(-c3nc4c(n3Cc3ccccc3)C[C@@H](C(=O)OCc3ccccc3)N(C(=O)O)C4)n[nH]c2c1. The van der Waals surface area contributed by atoms with Crippen molar-refractivity contribution >= 4 is 23.0 Å². The predicted molar refractivity (Wildman–Crippen MR) is 206 cm³/mol. The van der Waals surface area contributed by atoms with Crippen LogP contribution in [0.15, 0.2) is 121 Å². The van der Waals surface area contributed by atoms with Crippen LogP contribution in [0.1, 0.15) is 40.6 Å². The Morgan fingerprint density at radius 1 is 0.873 bits per heavy atom. The van der Waals surface area contributed by atoms with E-state index in [1.54, 1.807) is 6.07 Å². The lowest BCUT2D eigenvalue weighted by Crippen LogP contribution is -2.49. The van der Waals surface area contributed by atoms with Crippen molar-refractivity contribution in [1.29, 1.82) is 0 Å². The number of rotatable bonds is 11. The second-order valence-electron chi connectivity index (χ2n) is 13.5. The minimum absolute atomic E-state index is 0.0326. The van der Waals surface area contributed by atoms with E-state index < -0.39 is 23.9 Å². The van der Waals surface area contributed by atoms with Crippen molar-refractivity contribution in [1.82, 2.24) is 24.6 Å². The topological polar surface area (TPSA) is 123 Å². The summed E-state index contributed by atoms with van der Waals surface area (Å²) in [7, 11) is 0. The van der Waals surface area contributed by atoms with Gasteiger partial charge in [-0.2, -0.15) is 5.10 Å². The van der Waals surface area contributed by atoms with Crippen LogP contribution in [0.5, 0.6) is 5.75 Å². The van der Waals surface area contributed by atoms with Gasteiger partial charge in [-0.1, -0.05) is 104 Å². The van der Waals surface area contributed by atoms with Crippen LogP contribution in [0.3, 0.4) is 0 Å². The molecule has 5 aromatic carbocycles. The number of hydrogen-bond acceptors (Lipinski definition) is 6. The molecule has 276 valence electrons. The van der Waals surface area contributed by atoms with Crippen molar-refractivity contribution in [2.45, 2.75) is 52.1 Å². The van der Waals surface area contributed by atoms with Gasteiger partial charge in [0.1, 0.15) is 24.9 Å². The summed E-state index contributed by atoms with van der Waals surface area (Å²) in [6, 6.07) is 36.8. The van der Waals surface area contributed by atoms with Crippen molar-refractivity contribution < 1.29 is 28.6 Å². The van der Waals surface area contributed by atoms with E-state index in [1.807, 2.05) is 121 Å². The second kappa shape index (κ2) is 15.3. The molecular formula is C44H38FN5O5. The van der Waals surface area contributed by atoms with Gasteiger partial charge in [0.25, 0.3) is 0 Å². The molecule has 0 spiro atoms. The maximum absolute atomic E-state index is 15.5. The minimum atomic E-state index is -1.23. The van der Waals surface area contributed by atoms with Gasteiger partial charge in [-0.3, -0.25) is 10.00 Å². The summed E-state index contributed by atoms with van der Waals surface area (Å²) in [6.45, 7) is 2.65. The van der Waals surface area contributed by atoms with Gasteiger partial charge in [0.05, 0.1) is 17.8 Å². The van der Waals surface area contributed by atoms with Crippen LogP contribution in [-0.2, 0) is 48.7 Å². The lowest BCUT2D eigenvalue weighted by Gasteiger charge is -2.32. The quantitative estimate of drug-likeness (QED) is 0.128. The molecule has 3 heterocycles. The average Bonchev–Trinajstić information content (AvgIpc) is 3.80. The molecule has 0 saturated heterocycles. The molecule has 0 bridgehead atoms. The third-order valence-corrected chi connectivity index (χ3v) is 10.0. The monoisotopic (exact) mass is 735 g/mol. The average molecular weight is 736 g/mol. The first kappa shape index (κ1) is 35.3. The number of carbonyl (C=O) groups excluding carboxylic acids is 1. The molecule has 1 aliphatic heterocycles. The Balaban J connectivity index is 1.13. The number of aromatic nitrogens is 4. The van der Waals surface area contributed by atoms with Crippen LogP contribution in [0, 0.1) is 5.82 Å². The van der Waals surface area contributed by atoms with E-state index in [2.05, 4.69) is 5.10 Å². The molecule has 11 heteroatoms. The number of esters is 1. The number of carboxylic acid groups (broad SMARTS) is 1. The molecule has 2 N–H and O–H groups in total. The number of carbonyl (C=O) groups is 2. The van der Waals surface area contributed by atoms with Gasteiger partial charge in [0.2, 0.25) is 0 Å². The van der Waals surface area contributed by atoms with E-state index in [9.17, 15) is 14.7 Å². The first-order chi connectivity index (χ1) is 26.9. The highest BCUT2D eigenvalue weighted by Gasteiger charge is 2.39. The molecule has 2 aromatic heterocycles. The fourth-order valence-corrected chi connectivity index (χ4v) is 7.17. The summed E-state index contributed by atoms with van der Waals surface area (Å²) in [6.07, 6.45) is -0.485. The van der Waals surface area contributed by atoms with Gasteiger partial charge in [-0.15, -0.1) is 0 Å². The number of benzene rings is 5. The smallest absolute Gasteiger partial charge is 0.408 e. The molecule has 0 unspecified atom stereocenters. The van der Waals surface area contributed by atoms with E-state index >= 15 is 4.39 Å². The number of nitrogens with one attached hydrogen (secondary N) is 1. The summed E-state index contributed by atoms with van der Waals surface area (Å²) in [4.78, 5) is 32.1. The Labute approximate surface area is 316 Å². The molecule has 1 aliphatic rings. The van der Waals surface area contributed by atoms with Gasteiger partial charge < -0.3 is 19.1 Å². The Kier molecular flexibility index (Phi) is 9.82. The molecule has 0 aliphatic carbocycles. The lowest BCUT2D eigenvalue weighted by atomic mass is 9.96. The number of imidazole rings is 1. The molecule has 0 radical (unpaired) electrons. The maximum Gasteiger partial charge on any atom is 0.408 e. The summed E-state index contributed by atoms with van der Waals surface area (Å²) >= 11 is 0. The largest absolute Gasteiger partial charge is 0.486 e. The molecule has 7 aromatic rings. The highest BCUT2D eigenvalue weighted by atomic mass is 19.1. The van der Waals surface area contributed by atoms with Gasteiger partial charge >= 0.3 is 12.1 Å². The Morgan fingerprint density at radius 3 is 2.22 bits per heavy atom. The van der Waals surface area contributed by atoms with Gasteiger partial charge in [-0.05, 0) is 64.1 Å². The number of aromatic amines is 1. The molecule has 8 rings (SSSR count). The van der Waals surface area contributed by atoms with Crippen molar-refractivity contribution in [3.05, 3.63) is 161 Å². The number of halogens is 1.